The van der Waals surface area contributed by atoms with Crippen molar-refractivity contribution in [3.8, 4) is 0 Å². The number of fused-ring (bicyclic) bond motifs is 1. The van der Waals surface area contributed by atoms with Gasteiger partial charge in [0.2, 0.25) is 0 Å². The first-order chi connectivity index (χ1) is 9.77. The summed E-state index contributed by atoms with van der Waals surface area (Å²) in [6.45, 7) is 8.90. The van der Waals surface area contributed by atoms with Gasteiger partial charge in [0.25, 0.3) is 0 Å². The summed E-state index contributed by atoms with van der Waals surface area (Å²) in [5.41, 5.74) is 6.45. The summed E-state index contributed by atoms with van der Waals surface area (Å²) >= 11 is 0. The molecule has 3 unspecified atom stereocenters. The predicted octanol–water partition coefficient (Wildman–Crippen LogP) is 1.44. The van der Waals surface area contributed by atoms with Gasteiger partial charge in [-0.3, -0.25) is 9.80 Å². The Morgan fingerprint density at radius 2 is 2.15 bits per heavy atom. The van der Waals surface area contributed by atoms with Crippen molar-refractivity contribution < 1.29 is 4.74 Å². The zero-order chi connectivity index (χ0) is 14.0. The van der Waals surface area contributed by atoms with E-state index in [2.05, 4.69) is 16.7 Å². The van der Waals surface area contributed by atoms with Crippen molar-refractivity contribution in [2.75, 3.05) is 39.3 Å². The Kier molecular flexibility index (Phi) is 4.65. The highest BCUT2D eigenvalue weighted by atomic mass is 16.5. The molecule has 0 bridgehead atoms. The van der Waals surface area contributed by atoms with E-state index in [9.17, 15) is 0 Å². The fraction of sp³-hybridized carbons (Fsp3) is 1.00. The molecule has 2 N–H and O–H groups in total. The zero-order valence-electron chi connectivity index (χ0n) is 13.0. The largest absolute Gasteiger partial charge is 0.378 e. The SMILES string of the molecule is CCC1CC(CN)(N2CCN3CCCCC3C2)CCO1. The molecule has 0 saturated carbocycles. The second kappa shape index (κ2) is 6.30. The van der Waals surface area contributed by atoms with Gasteiger partial charge in [0.1, 0.15) is 0 Å². The third-order valence-electron chi connectivity index (χ3n) is 5.87. The summed E-state index contributed by atoms with van der Waals surface area (Å²) in [5, 5.41) is 0. The molecule has 3 heterocycles. The van der Waals surface area contributed by atoms with Gasteiger partial charge in [-0.2, -0.15) is 0 Å². The van der Waals surface area contributed by atoms with Crippen LogP contribution in [0.25, 0.3) is 0 Å². The zero-order valence-corrected chi connectivity index (χ0v) is 13.0. The lowest BCUT2D eigenvalue weighted by Gasteiger charge is -2.54. The van der Waals surface area contributed by atoms with Crippen LogP contribution in [-0.2, 0) is 4.74 Å². The van der Waals surface area contributed by atoms with Crippen LogP contribution in [0.1, 0.15) is 45.4 Å². The molecule has 3 rings (SSSR count). The highest BCUT2D eigenvalue weighted by Gasteiger charge is 2.43. The minimum Gasteiger partial charge on any atom is -0.378 e. The molecule has 3 aliphatic heterocycles. The summed E-state index contributed by atoms with van der Waals surface area (Å²) in [5.74, 6) is 0. The van der Waals surface area contributed by atoms with E-state index in [-0.39, 0.29) is 5.54 Å². The van der Waals surface area contributed by atoms with Crippen molar-refractivity contribution in [1.82, 2.24) is 9.80 Å². The molecule has 0 aliphatic carbocycles. The van der Waals surface area contributed by atoms with Crippen LogP contribution < -0.4 is 5.73 Å². The van der Waals surface area contributed by atoms with Crippen LogP contribution in [0.5, 0.6) is 0 Å². The summed E-state index contributed by atoms with van der Waals surface area (Å²) in [7, 11) is 0. The molecule has 4 nitrogen and oxygen atoms in total. The fourth-order valence-electron chi connectivity index (χ4n) is 4.45. The van der Waals surface area contributed by atoms with Gasteiger partial charge >= 0.3 is 0 Å². The Morgan fingerprint density at radius 3 is 2.95 bits per heavy atom. The van der Waals surface area contributed by atoms with Gasteiger partial charge in [-0.05, 0) is 38.6 Å². The predicted molar refractivity (Wildman–Crippen MR) is 81.8 cm³/mol. The lowest BCUT2D eigenvalue weighted by Crippen LogP contribution is -2.65. The number of piperidine rings is 1. The third-order valence-corrected chi connectivity index (χ3v) is 5.87. The number of ether oxygens (including phenoxy) is 1. The molecule has 0 spiro atoms. The van der Waals surface area contributed by atoms with E-state index in [1.54, 1.807) is 0 Å². The first-order valence-electron chi connectivity index (χ1n) is 8.58. The van der Waals surface area contributed by atoms with E-state index in [1.165, 1.54) is 45.4 Å². The number of nitrogens with zero attached hydrogens (tertiary/aromatic N) is 2. The minimum absolute atomic E-state index is 0.211. The average molecular weight is 281 g/mol. The first-order valence-corrected chi connectivity index (χ1v) is 8.58. The van der Waals surface area contributed by atoms with Crippen LogP contribution in [0.2, 0.25) is 0 Å². The smallest absolute Gasteiger partial charge is 0.0590 e. The van der Waals surface area contributed by atoms with Crippen molar-refractivity contribution in [2.24, 2.45) is 5.73 Å². The normalized spacial score (nSPS) is 40.5. The maximum atomic E-state index is 6.24. The van der Waals surface area contributed by atoms with Crippen molar-refractivity contribution in [3.63, 3.8) is 0 Å². The van der Waals surface area contributed by atoms with Crippen molar-refractivity contribution in [1.29, 1.82) is 0 Å². The van der Waals surface area contributed by atoms with E-state index in [1.807, 2.05) is 0 Å². The molecule has 3 atom stereocenters. The molecule has 0 aromatic carbocycles. The van der Waals surface area contributed by atoms with Gasteiger partial charge in [0.05, 0.1) is 6.10 Å². The lowest BCUT2D eigenvalue weighted by molar-refractivity contribution is -0.0940. The highest BCUT2D eigenvalue weighted by Crippen LogP contribution is 2.34. The quantitative estimate of drug-likeness (QED) is 0.850. The minimum atomic E-state index is 0.211. The van der Waals surface area contributed by atoms with E-state index in [4.69, 9.17) is 10.5 Å². The van der Waals surface area contributed by atoms with Crippen molar-refractivity contribution in [2.45, 2.75) is 63.1 Å². The molecule has 20 heavy (non-hydrogen) atoms. The summed E-state index contributed by atoms with van der Waals surface area (Å²) in [6, 6.07) is 0.781. The molecule has 3 saturated heterocycles. The Hall–Kier alpha value is -0.160. The number of hydrogen-bond donors (Lipinski definition) is 1. The number of hydrogen-bond acceptors (Lipinski definition) is 4. The number of nitrogens with two attached hydrogens (primary N) is 1. The molecule has 0 amide bonds. The van der Waals surface area contributed by atoms with Crippen molar-refractivity contribution >= 4 is 0 Å². The first kappa shape index (κ1) is 14.8. The van der Waals surface area contributed by atoms with Crippen LogP contribution in [0.15, 0.2) is 0 Å². The Bertz CT molecular complexity index is 325. The lowest BCUT2D eigenvalue weighted by atomic mass is 9.82. The molecule has 3 fully saturated rings. The van der Waals surface area contributed by atoms with Gasteiger partial charge < -0.3 is 10.5 Å². The second-order valence-electron chi connectivity index (χ2n) is 6.92. The second-order valence-corrected chi connectivity index (χ2v) is 6.92. The number of piperazine rings is 1. The molecular formula is C16H31N3O. The topological polar surface area (TPSA) is 41.7 Å². The van der Waals surface area contributed by atoms with Gasteiger partial charge in [-0.15, -0.1) is 0 Å². The van der Waals surface area contributed by atoms with Gasteiger partial charge in [-0.1, -0.05) is 13.3 Å². The molecule has 4 heteroatoms. The Morgan fingerprint density at radius 1 is 1.25 bits per heavy atom. The Labute approximate surface area is 123 Å². The molecular weight excluding hydrogens is 250 g/mol. The maximum Gasteiger partial charge on any atom is 0.0590 e. The van der Waals surface area contributed by atoms with E-state index >= 15 is 0 Å². The van der Waals surface area contributed by atoms with Gasteiger partial charge in [0.15, 0.2) is 0 Å². The fourth-order valence-corrected chi connectivity index (χ4v) is 4.45. The molecule has 0 aromatic rings. The monoisotopic (exact) mass is 281 g/mol. The van der Waals surface area contributed by atoms with E-state index < -0.39 is 0 Å². The third kappa shape index (κ3) is 2.76. The van der Waals surface area contributed by atoms with Crippen LogP contribution in [0, 0.1) is 0 Å². The van der Waals surface area contributed by atoms with Crippen molar-refractivity contribution in [3.05, 3.63) is 0 Å². The van der Waals surface area contributed by atoms with E-state index in [0.29, 0.717) is 6.10 Å². The van der Waals surface area contributed by atoms with Crippen LogP contribution >= 0.6 is 0 Å². The molecule has 0 aromatic heterocycles. The van der Waals surface area contributed by atoms with Crippen LogP contribution in [-0.4, -0.2) is 66.8 Å². The standard InChI is InChI=1S/C16H31N3O/c1-2-15-11-16(13-17,6-10-20-15)19-9-8-18-7-4-3-5-14(18)12-19/h14-15H,2-13,17H2,1H3. The average Bonchev–Trinajstić information content (AvgIpc) is 2.54. The number of rotatable bonds is 3. The molecule has 116 valence electrons. The highest BCUT2D eigenvalue weighted by molar-refractivity contribution is 5.00. The van der Waals surface area contributed by atoms with Crippen LogP contribution in [0.3, 0.4) is 0 Å². The molecule has 0 radical (unpaired) electrons. The Balaban J connectivity index is 1.69. The van der Waals surface area contributed by atoms with Gasteiger partial charge in [0, 0.05) is 44.4 Å². The summed E-state index contributed by atoms with van der Waals surface area (Å²) in [4.78, 5) is 5.44. The molecule has 3 aliphatic rings. The summed E-state index contributed by atoms with van der Waals surface area (Å²) in [6.07, 6.45) is 7.96. The summed E-state index contributed by atoms with van der Waals surface area (Å²) < 4.78 is 5.89. The van der Waals surface area contributed by atoms with E-state index in [0.717, 1.165) is 38.5 Å². The van der Waals surface area contributed by atoms with Crippen LogP contribution in [0.4, 0.5) is 0 Å². The van der Waals surface area contributed by atoms with Gasteiger partial charge in [-0.25, -0.2) is 0 Å². The maximum absolute atomic E-state index is 6.24.